The number of rotatable bonds is 9. The maximum Gasteiger partial charge on any atom is 0.222 e. The molecule has 0 atom stereocenters. The number of hydrogen-bond donors (Lipinski definition) is 2. The SMILES string of the molecule is CCNC(=NCc1ccc(OC(C)C)cc1)NCCCN1CCCCCC1=O.I. The highest BCUT2D eigenvalue weighted by Gasteiger charge is 2.15. The lowest BCUT2D eigenvalue weighted by Crippen LogP contribution is -2.39. The smallest absolute Gasteiger partial charge is 0.222 e. The minimum Gasteiger partial charge on any atom is -0.491 e. The zero-order valence-corrected chi connectivity index (χ0v) is 20.4. The minimum atomic E-state index is 0. The summed E-state index contributed by atoms with van der Waals surface area (Å²) in [7, 11) is 0. The monoisotopic (exact) mass is 516 g/mol. The van der Waals surface area contributed by atoms with E-state index in [4.69, 9.17) is 4.74 Å². The van der Waals surface area contributed by atoms with Gasteiger partial charge in [-0.05, 0) is 57.7 Å². The van der Waals surface area contributed by atoms with E-state index >= 15 is 0 Å². The molecule has 0 aliphatic carbocycles. The van der Waals surface area contributed by atoms with Crippen LogP contribution in [0.4, 0.5) is 0 Å². The average Bonchev–Trinajstić information content (AvgIpc) is 2.88. The van der Waals surface area contributed by atoms with Crippen LogP contribution in [0.1, 0.15) is 58.4 Å². The zero-order chi connectivity index (χ0) is 20.2. The lowest BCUT2D eigenvalue weighted by atomic mass is 10.2. The molecule has 2 rings (SSSR count). The molecule has 1 aliphatic heterocycles. The van der Waals surface area contributed by atoms with E-state index in [0.29, 0.717) is 18.9 Å². The Balaban J connectivity index is 0.00000420. The number of hydrogen-bond acceptors (Lipinski definition) is 3. The number of carbonyl (C=O) groups excluding carboxylic acids is 1. The first-order valence-corrected chi connectivity index (χ1v) is 10.6. The lowest BCUT2D eigenvalue weighted by molar-refractivity contribution is -0.130. The maximum atomic E-state index is 12.0. The van der Waals surface area contributed by atoms with Crippen LogP contribution in [0.5, 0.6) is 5.75 Å². The number of carbonyl (C=O) groups is 1. The molecule has 0 aromatic heterocycles. The van der Waals surface area contributed by atoms with E-state index in [2.05, 4.69) is 34.7 Å². The van der Waals surface area contributed by atoms with Crippen molar-refractivity contribution in [2.24, 2.45) is 4.99 Å². The van der Waals surface area contributed by atoms with Crippen LogP contribution < -0.4 is 15.4 Å². The Morgan fingerprint density at radius 1 is 1.17 bits per heavy atom. The second-order valence-corrected chi connectivity index (χ2v) is 7.48. The molecule has 0 radical (unpaired) electrons. The Kier molecular flexibility index (Phi) is 12.7. The van der Waals surface area contributed by atoms with Crippen molar-refractivity contribution in [1.82, 2.24) is 15.5 Å². The molecule has 1 amide bonds. The van der Waals surface area contributed by atoms with Crippen molar-refractivity contribution in [3.05, 3.63) is 29.8 Å². The molecule has 1 aromatic rings. The molecule has 0 spiro atoms. The number of aliphatic imine (C=N–C) groups is 1. The summed E-state index contributed by atoms with van der Waals surface area (Å²) in [6.45, 7) is 10.1. The van der Waals surface area contributed by atoms with Crippen molar-refractivity contribution >= 4 is 35.8 Å². The minimum absolute atomic E-state index is 0. The molecule has 0 bridgehead atoms. The normalized spacial score (nSPS) is 15.0. The quantitative estimate of drug-likeness (QED) is 0.226. The summed E-state index contributed by atoms with van der Waals surface area (Å²) in [5, 5.41) is 6.66. The molecule has 7 heteroatoms. The van der Waals surface area contributed by atoms with E-state index in [9.17, 15) is 4.79 Å². The summed E-state index contributed by atoms with van der Waals surface area (Å²) < 4.78 is 5.68. The van der Waals surface area contributed by atoms with Crippen molar-refractivity contribution in [2.45, 2.75) is 65.5 Å². The zero-order valence-electron chi connectivity index (χ0n) is 18.1. The highest BCUT2D eigenvalue weighted by molar-refractivity contribution is 14.0. The fourth-order valence-corrected chi connectivity index (χ4v) is 3.21. The van der Waals surface area contributed by atoms with Crippen LogP contribution in [-0.2, 0) is 11.3 Å². The highest BCUT2D eigenvalue weighted by atomic mass is 127. The van der Waals surface area contributed by atoms with Gasteiger partial charge >= 0.3 is 0 Å². The van der Waals surface area contributed by atoms with Gasteiger partial charge in [0.1, 0.15) is 5.75 Å². The molecule has 0 unspecified atom stereocenters. The molecule has 1 aliphatic rings. The summed E-state index contributed by atoms with van der Waals surface area (Å²) >= 11 is 0. The molecule has 1 saturated heterocycles. The van der Waals surface area contributed by atoms with E-state index in [-0.39, 0.29) is 30.1 Å². The second-order valence-electron chi connectivity index (χ2n) is 7.48. The van der Waals surface area contributed by atoms with Gasteiger partial charge in [-0.1, -0.05) is 18.6 Å². The first-order chi connectivity index (χ1) is 13.6. The first-order valence-electron chi connectivity index (χ1n) is 10.6. The Labute approximate surface area is 192 Å². The van der Waals surface area contributed by atoms with Crippen molar-refractivity contribution in [2.75, 3.05) is 26.2 Å². The van der Waals surface area contributed by atoms with E-state index < -0.39 is 0 Å². The average molecular weight is 516 g/mol. The largest absolute Gasteiger partial charge is 0.491 e. The fourth-order valence-electron chi connectivity index (χ4n) is 3.21. The lowest BCUT2D eigenvalue weighted by Gasteiger charge is -2.20. The van der Waals surface area contributed by atoms with E-state index in [1.165, 1.54) is 6.42 Å². The third kappa shape index (κ3) is 10.2. The molecule has 1 aromatic carbocycles. The predicted molar refractivity (Wildman–Crippen MR) is 130 cm³/mol. The number of guanidine groups is 1. The molecule has 29 heavy (non-hydrogen) atoms. The fraction of sp³-hybridized carbons (Fsp3) is 0.636. The van der Waals surface area contributed by atoms with E-state index in [0.717, 1.165) is 62.7 Å². The van der Waals surface area contributed by atoms with Crippen molar-refractivity contribution in [1.29, 1.82) is 0 Å². The molecule has 2 N–H and O–H groups in total. The van der Waals surface area contributed by atoms with Gasteiger partial charge in [0.15, 0.2) is 5.96 Å². The van der Waals surface area contributed by atoms with Gasteiger partial charge in [-0.15, -0.1) is 24.0 Å². The van der Waals surface area contributed by atoms with Gasteiger partial charge in [0.25, 0.3) is 0 Å². The number of ether oxygens (including phenoxy) is 1. The van der Waals surface area contributed by atoms with Gasteiger partial charge in [0.2, 0.25) is 5.91 Å². The van der Waals surface area contributed by atoms with Crippen molar-refractivity contribution in [3.63, 3.8) is 0 Å². The Hall–Kier alpha value is -1.51. The second kappa shape index (κ2) is 14.5. The molecule has 6 nitrogen and oxygen atoms in total. The topological polar surface area (TPSA) is 66.0 Å². The van der Waals surface area contributed by atoms with Crippen LogP contribution >= 0.6 is 24.0 Å². The van der Waals surface area contributed by atoms with Gasteiger partial charge in [-0.25, -0.2) is 4.99 Å². The number of likely N-dealkylation sites (tertiary alicyclic amines) is 1. The maximum absolute atomic E-state index is 12.0. The number of nitrogens with zero attached hydrogens (tertiary/aromatic N) is 2. The van der Waals surface area contributed by atoms with Gasteiger partial charge in [0.05, 0.1) is 12.6 Å². The van der Waals surface area contributed by atoms with Crippen LogP contribution in [0.2, 0.25) is 0 Å². The van der Waals surface area contributed by atoms with Crippen LogP contribution in [0.15, 0.2) is 29.3 Å². The number of benzene rings is 1. The van der Waals surface area contributed by atoms with Gasteiger partial charge in [-0.2, -0.15) is 0 Å². The number of amides is 1. The Bertz CT molecular complexity index is 620. The Morgan fingerprint density at radius 3 is 2.62 bits per heavy atom. The number of nitrogens with one attached hydrogen (secondary N) is 2. The molecule has 1 heterocycles. The third-order valence-electron chi connectivity index (χ3n) is 4.63. The number of halogens is 1. The Morgan fingerprint density at radius 2 is 1.93 bits per heavy atom. The summed E-state index contributed by atoms with van der Waals surface area (Å²) in [6.07, 6.45) is 5.15. The highest BCUT2D eigenvalue weighted by Crippen LogP contribution is 2.14. The van der Waals surface area contributed by atoms with Gasteiger partial charge in [0, 0.05) is 32.6 Å². The van der Waals surface area contributed by atoms with E-state index in [1.54, 1.807) is 0 Å². The standard InChI is InChI=1S/C22H36N4O2.HI/c1-4-23-22(24-14-8-16-26-15-7-5-6-9-21(26)27)25-17-19-10-12-20(13-11-19)28-18(2)3;/h10-13,18H,4-9,14-17H2,1-3H3,(H2,23,24,25);1H. The summed E-state index contributed by atoms with van der Waals surface area (Å²) in [5.74, 6) is 2.01. The molecule has 0 saturated carbocycles. The van der Waals surface area contributed by atoms with Gasteiger partial charge in [-0.3, -0.25) is 4.79 Å². The van der Waals surface area contributed by atoms with E-state index in [1.807, 2.05) is 30.9 Å². The summed E-state index contributed by atoms with van der Waals surface area (Å²) in [6, 6.07) is 8.08. The third-order valence-corrected chi connectivity index (χ3v) is 4.63. The summed E-state index contributed by atoms with van der Waals surface area (Å²) in [4.78, 5) is 18.7. The van der Waals surface area contributed by atoms with Crippen LogP contribution in [0.25, 0.3) is 0 Å². The molecule has 164 valence electrons. The van der Waals surface area contributed by atoms with Gasteiger partial charge < -0.3 is 20.3 Å². The molecular weight excluding hydrogens is 479 g/mol. The predicted octanol–water partition coefficient (Wildman–Crippen LogP) is 3.94. The van der Waals surface area contributed by atoms with Crippen LogP contribution in [-0.4, -0.2) is 49.0 Å². The van der Waals surface area contributed by atoms with Crippen molar-refractivity contribution in [3.8, 4) is 5.75 Å². The van der Waals surface area contributed by atoms with Crippen molar-refractivity contribution < 1.29 is 9.53 Å². The molecule has 1 fully saturated rings. The van der Waals surface area contributed by atoms with Crippen LogP contribution in [0, 0.1) is 0 Å². The first kappa shape index (κ1) is 25.5. The van der Waals surface area contributed by atoms with Crippen LogP contribution in [0.3, 0.4) is 0 Å². The molecular formula is C22H37IN4O2. The summed E-state index contributed by atoms with van der Waals surface area (Å²) in [5.41, 5.74) is 1.14.